The first-order chi connectivity index (χ1) is 13.2. The van der Waals surface area contributed by atoms with Gasteiger partial charge in [0.05, 0.1) is 5.75 Å². The van der Waals surface area contributed by atoms with E-state index in [1.54, 1.807) is 13.1 Å². The summed E-state index contributed by atoms with van der Waals surface area (Å²) < 4.78 is 49.8. The van der Waals surface area contributed by atoms with Gasteiger partial charge in [-0.15, -0.1) is 0 Å². The molecule has 0 bridgehead atoms. The van der Waals surface area contributed by atoms with E-state index in [-0.39, 0.29) is 18.1 Å². The zero-order valence-corrected chi connectivity index (χ0v) is 17.2. The van der Waals surface area contributed by atoms with E-state index < -0.39 is 15.7 Å². The summed E-state index contributed by atoms with van der Waals surface area (Å²) >= 11 is 6.01. The van der Waals surface area contributed by atoms with Crippen molar-refractivity contribution in [1.82, 2.24) is 10.6 Å². The summed E-state index contributed by atoms with van der Waals surface area (Å²) in [6, 6.07) is 8.25. The molecule has 2 N–H and O–H groups in total. The van der Waals surface area contributed by atoms with Crippen LogP contribution in [0, 0.1) is 11.6 Å². The van der Waals surface area contributed by atoms with Gasteiger partial charge in [0.25, 0.3) is 0 Å². The smallest absolute Gasteiger partial charge is 0.191 e. The van der Waals surface area contributed by atoms with E-state index in [4.69, 9.17) is 11.6 Å². The maximum Gasteiger partial charge on any atom is 0.191 e. The molecule has 0 radical (unpaired) electrons. The standard InChI is InChI=1S/C19H22ClF2N3O2S/c1-23-19(24-8-7-13-3-5-17(22)10-18(13)20)25-11-15-9-16(21)6-4-14(15)12-28(2,26)27/h3-6,9-10H,7-8,11-12H2,1-2H3,(H2,23,24,25). The van der Waals surface area contributed by atoms with Crippen LogP contribution in [-0.2, 0) is 28.6 Å². The quantitative estimate of drug-likeness (QED) is 0.524. The molecule has 0 unspecified atom stereocenters. The third-order valence-corrected chi connectivity index (χ3v) is 5.15. The van der Waals surface area contributed by atoms with Crippen LogP contribution in [0.5, 0.6) is 0 Å². The number of rotatable bonds is 7. The first-order valence-corrected chi connectivity index (χ1v) is 11.0. The second kappa shape index (κ2) is 9.84. The Morgan fingerprint density at radius 2 is 1.68 bits per heavy atom. The van der Waals surface area contributed by atoms with Gasteiger partial charge >= 0.3 is 0 Å². The van der Waals surface area contributed by atoms with Crippen molar-refractivity contribution in [2.24, 2.45) is 4.99 Å². The predicted molar refractivity (Wildman–Crippen MR) is 108 cm³/mol. The van der Waals surface area contributed by atoms with Gasteiger partial charge in [0.2, 0.25) is 0 Å². The van der Waals surface area contributed by atoms with Crippen molar-refractivity contribution in [2.75, 3.05) is 19.8 Å². The molecule has 9 heteroatoms. The molecule has 0 aliphatic heterocycles. The maximum absolute atomic E-state index is 13.6. The third-order valence-electron chi connectivity index (χ3n) is 3.96. The zero-order valence-electron chi connectivity index (χ0n) is 15.6. The van der Waals surface area contributed by atoms with Gasteiger partial charge in [-0.2, -0.15) is 0 Å². The Balaban J connectivity index is 1.96. The van der Waals surface area contributed by atoms with Gasteiger partial charge in [0, 0.05) is 31.4 Å². The van der Waals surface area contributed by atoms with E-state index in [0.29, 0.717) is 35.1 Å². The largest absolute Gasteiger partial charge is 0.356 e. The topological polar surface area (TPSA) is 70.6 Å². The van der Waals surface area contributed by atoms with Crippen LogP contribution >= 0.6 is 11.6 Å². The van der Waals surface area contributed by atoms with Crippen molar-refractivity contribution in [3.8, 4) is 0 Å². The van der Waals surface area contributed by atoms with Crippen LogP contribution in [0.4, 0.5) is 8.78 Å². The summed E-state index contributed by atoms with van der Waals surface area (Å²) in [5, 5.41) is 6.48. The lowest BCUT2D eigenvalue weighted by molar-refractivity contribution is 0.599. The minimum Gasteiger partial charge on any atom is -0.356 e. The molecular formula is C19H22ClF2N3O2S. The van der Waals surface area contributed by atoms with Gasteiger partial charge in [0.15, 0.2) is 15.8 Å². The normalized spacial score (nSPS) is 12.1. The number of aliphatic imine (C=N–C) groups is 1. The molecule has 0 saturated heterocycles. The molecule has 152 valence electrons. The Morgan fingerprint density at radius 3 is 2.29 bits per heavy atom. The van der Waals surface area contributed by atoms with Gasteiger partial charge in [-0.1, -0.05) is 23.7 Å². The van der Waals surface area contributed by atoms with Gasteiger partial charge in [-0.3, -0.25) is 4.99 Å². The van der Waals surface area contributed by atoms with E-state index in [1.165, 1.54) is 30.3 Å². The molecule has 0 aliphatic rings. The number of guanidine groups is 1. The molecule has 2 aromatic rings. The minimum atomic E-state index is -3.24. The van der Waals surface area contributed by atoms with Crippen molar-refractivity contribution in [1.29, 1.82) is 0 Å². The first kappa shape index (κ1) is 22.1. The van der Waals surface area contributed by atoms with Gasteiger partial charge in [0.1, 0.15) is 11.6 Å². The summed E-state index contributed by atoms with van der Waals surface area (Å²) in [6.07, 6.45) is 1.69. The Bertz CT molecular complexity index is 966. The van der Waals surface area contributed by atoms with Crippen molar-refractivity contribution in [3.05, 3.63) is 69.7 Å². The summed E-state index contributed by atoms with van der Waals surface area (Å²) in [5.74, 6) is -0.533. The fraction of sp³-hybridized carbons (Fsp3) is 0.316. The second-order valence-electron chi connectivity index (χ2n) is 6.32. The lowest BCUT2D eigenvalue weighted by Crippen LogP contribution is -2.38. The van der Waals surface area contributed by atoms with E-state index in [2.05, 4.69) is 15.6 Å². The van der Waals surface area contributed by atoms with Crippen molar-refractivity contribution in [3.63, 3.8) is 0 Å². The SMILES string of the molecule is CN=C(NCCc1ccc(F)cc1Cl)NCc1cc(F)ccc1CS(C)(=O)=O. The molecule has 2 aromatic carbocycles. The van der Waals surface area contributed by atoms with Crippen molar-refractivity contribution >= 4 is 27.4 Å². The van der Waals surface area contributed by atoms with Crippen LogP contribution in [0.1, 0.15) is 16.7 Å². The molecule has 0 aliphatic carbocycles. The third kappa shape index (κ3) is 7.09. The fourth-order valence-electron chi connectivity index (χ4n) is 2.62. The number of sulfone groups is 1. The molecule has 0 aromatic heterocycles. The molecule has 0 fully saturated rings. The van der Waals surface area contributed by atoms with E-state index in [1.807, 2.05) is 0 Å². The molecule has 2 rings (SSSR count). The lowest BCUT2D eigenvalue weighted by atomic mass is 10.1. The molecule has 28 heavy (non-hydrogen) atoms. The van der Waals surface area contributed by atoms with E-state index in [0.717, 1.165) is 11.8 Å². The Morgan fingerprint density at radius 1 is 1.04 bits per heavy atom. The number of nitrogens with zero attached hydrogens (tertiary/aromatic N) is 1. The number of nitrogens with one attached hydrogen (secondary N) is 2. The molecule has 0 saturated carbocycles. The van der Waals surface area contributed by atoms with Crippen LogP contribution in [0.3, 0.4) is 0 Å². The van der Waals surface area contributed by atoms with Crippen molar-refractivity contribution in [2.45, 2.75) is 18.7 Å². The number of benzene rings is 2. The van der Waals surface area contributed by atoms with Crippen LogP contribution in [0.15, 0.2) is 41.4 Å². The van der Waals surface area contributed by atoms with Gasteiger partial charge in [-0.25, -0.2) is 17.2 Å². The Kier molecular flexibility index (Phi) is 7.77. The highest BCUT2D eigenvalue weighted by Crippen LogP contribution is 2.17. The molecule has 0 atom stereocenters. The lowest BCUT2D eigenvalue weighted by Gasteiger charge is -2.14. The van der Waals surface area contributed by atoms with Crippen LogP contribution in [-0.4, -0.2) is 34.2 Å². The van der Waals surface area contributed by atoms with Crippen LogP contribution in [0.25, 0.3) is 0 Å². The summed E-state index contributed by atoms with van der Waals surface area (Å²) in [6.45, 7) is 0.698. The number of hydrogen-bond acceptors (Lipinski definition) is 3. The molecule has 0 heterocycles. The highest BCUT2D eigenvalue weighted by Gasteiger charge is 2.11. The average Bonchev–Trinajstić information content (AvgIpc) is 2.60. The summed E-state index contributed by atoms with van der Waals surface area (Å²) in [7, 11) is -1.66. The predicted octanol–water partition coefficient (Wildman–Crippen LogP) is 3.07. The van der Waals surface area contributed by atoms with Gasteiger partial charge < -0.3 is 10.6 Å². The first-order valence-electron chi connectivity index (χ1n) is 8.51. The van der Waals surface area contributed by atoms with E-state index >= 15 is 0 Å². The minimum absolute atomic E-state index is 0.167. The van der Waals surface area contributed by atoms with Gasteiger partial charge in [-0.05, 0) is 47.4 Å². The molecule has 5 nitrogen and oxygen atoms in total. The molecule has 0 amide bonds. The van der Waals surface area contributed by atoms with Crippen molar-refractivity contribution < 1.29 is 17.2 Å². The summed E-state index contributed by atoms with van der Waals surface area (Å²) in [5.41, 5.74) is 1.87. The van der Waals surface area contributed by atoms with E-state index in [9.17, 15) is 17.2 Å². The highest BCUT2D eigenvalue weighted by molar-refractivity contribution is 7.89. The molecular weight excluding hydrogens is 408 g/mol. The fourth-order valence-corrected chi connectivity index (χ4v) is 3.73. The number of halogens is 3. The monoisotopic (exact) mass is 429 g/mol. The molecule has 0 spiro atoms. The maximum atomic E-state index is 13.6. The second-order valence-corrected chi connectivity index (χ2v) is 8.87. The number of hydrogen-bond donors (Lipinski definition) is 2. The Hall–Kier alpha value is -2.19. The Labute approximate surface area is 168 Å². The van der Waals surface area contributed by atoms with Crippen LogP contribution in [0.2, 0.25) is 5.02 Å². The highest BCUT2D eigenvalue weighted by atomic mass is 35.5. The summed E-state index contributed by atoms with van der Waals surface area (Å²) in [4.78, 5) is 4.09. The average molecular weight is 430 g/mol. The van der Waals surface area contributed by atoms with Crippen LogP contribution < -0.4 is 10.6 Å². The zero-order chi connectivity index (χ0) is 20.7.